The van der Waals surface area contributed by atoms with Gasteiger partial charge >= 0.3 is 0 Å². The van der Waals surface area contributed by atoms with Crippen molar-refractivity contribution in [2.24, 2.45) is 5.73 Å². The summed E-state index contributed by atoms with van der Waals surface area (Å²) < 4.78 is 5.23. The van der Waals surface area contributed by atoms with E-state index in [0.717, 1.165) is 13.0 Å². The molecule has 1 aliphatic rings. The Morgan fingerprint density at radius 2 is 2.06 bits per heavy atom. The molecule has 0 radical (unpaired) electrons. The summed E-state index contributed by atoms with van der Waals surface area (Å²) in [6, 6.07) is 9.51. The Kier molecular flexibility index (Phi) is 3.82. The zero-order valence-electron chi connectivity index (χ0n) is 10.9. The first kappa shape index (κ1) is 12.6. The highest BCUT2D eigenvalue weighted by Gasteiger charge is 2.32. The molecule has 0 bridgehead atoms. The van der Waals surface area contributed by atoms with E-state index in [1.165, 1.54) is 11.1 Å². The molecule has 0 saturated carbocycles. The van der Waals surface area contributed by atoms with E-state index in [9.17, 15) is 0 Å². The second-order valence-electron chi connectivity index (χ2n) is 4.96. The van der Waals surface area contributed by atoms with Crippen molar-refractivity contribution in [1.29, 1.82) is 0 Å². The standard InChI is InChI=1S/C14H22N2O/c1-10(9-17-3)16(2)14-8-13(15)11-6-4-5-7-12(11)14/h4-7,10,13-14H,8-9,15H2,1-3H3. The number of hydrogen-bond donors (Lipinski definition) is 1. The molecule has 0 saturated heterocycles. The molecule has 3 unspecified atom stereocenters. The molecular weight excluding hydrogens is 212 g/mol. The summed E-state index contributed by atoms with van der Waals surface area (Å²) in [5, 5.41) is 0. The summed E-state index contributed by atoms with van der Waals surface area (Å²) in [6.45, 7) is 2.94. The molecule has 0 aromatic heterocycles. The fourth-order valence-electron chi connectivity index (χ4n) is 2.70. The first-order valence-corrected chi connectivity index (χ1v) is 6.20. The first-order valence-electron chi connectivity index (χ1n) is 6.20. The van der Waals surface area contributed by atoms with Gasteiger partial charge in [0.25, 0.3) is 0 Å². The van der Waals surface area contributed by atoms with Gasteiger partial charge in [0, 0.05) is 25.2 Å². The van der Waals surface area contributed by atoms with Crippen LogP contribution in [0.1, 0.15) is 36.6 Å². The number of fused-ring (bicyclic) bond motifs is 1. The van der Waals surface area contributed by atoms with E-state index in [-0.39, 0.29) is 6.04 Å². The van der Waals surface area contributed by atoms with Gasteiger partial charge in [-0.2, -0.15) is 0 Å². The third-order valence-corrected chi connectivity index (χ3v) is 3.83. The van der Waals surface area contributed by atoms with Gasteiger partial charge in [-0.15, -0.1) is 0 Å². The van der Waals surface area contributed by atoms with E-state index in [2.05, 4.69) is 43.1 Å². The summed E-state index contributed by atoms with van der Waals surface area (Å²) >= 11 is 0. The molecule has 94 valence electrons. The van der Waals surface area contributed by atoms with Crippen LogP contribution in [-0.2, 0) is 4.74 Å². The van der Waals surface area contributed by atoms with Crippen LogP contribution in [-0.4, -0.2) is 31.7 Å². The predicted octanol–water partition coefficient (Wildman–Crippen LogP) is 2.10. The highest BCUT2D eigenvalue weighted by molar-refractivity contribution is 5.37. The summed E-state index contributed by atoms with van der Waals surface area (Å²) in [7, 11) is 3.90. The Labute approximate surface area is 104 Å². The maximum Gasteiger partial charge on any atom is 0.0615 e. The normalized spacial score (nSPS) is 25.0. The zero-order valence-corrected chi connectivity index (χ0v) is 10.9. The average molecular weight is 234 g/mol. The zero-order chi connectivity index (χ0) is 12.4. The molecule has 1 aromatic rings. The highest BCUT2D eigenvalue weighted by Crippen LogP contribution is 2.40. The topological polar surface area (TPSA) is 38.5 Å². The van der Waals surface area contributed by atoms with E-state index in [0.29, 0.717) is 12.1 Å². The highest BCUT2D eigenvalue weighted by atomic mass is 16.5. The van der Waals surface area contributed by atoms with Gasteiger partial charge in [0.2, 0.25) is 0 Å². The van der Waals surface area contributed by atoms with Crippen molar-refractivity contribution in [3.8, 4) is 0 Å². The maximum atomic E-state index is 6.19. The second-order valence-corrected chi connectivity index (χ2v) is 4.96. The van der Waals surface area contributed by atoms with Crippen molar-refractivity contribution >= 4 is 0 Å². The summed E-state index contributed by atoms with van der Waals surface area (Å²) in [4.78, 5) is 2.37. The van der Waals surface area contributed by atoms with E-state index < -0.39 is 0 Å². The van der Waals surface area contributed by atoms with Crippen molar-refractivity contribution in [3.63, 3.8) is 0 Å². The van der Waals surface area contributed by atoms with Crippen molar-refractivity contribution in [3.05, 3.63) is 35.4 Å². The fraction of sp³-hybridized carbons (Fsp3) is 0.571. The van der Waals surface area contributed by atoms with Crippen molar-refractivity contribution in [1.82, 2.24) is 4.90 Å². The van der Waals surface area contributed by atoms with Crippen LogP contribution >= 0.6 is 0 Å². The van der Waals surface area contributed by atoms with Crippen LogP contribution in [0.15, 0.2) is 24.3 Å². The van der Waals surface area contributed by atoms with Crippen LogP contribution in [0, 0.1) is 0 Å². The number of ether oxygens (including phenoxy) is 1. The SMILES string of the molecule is COCC(C)N(C)C1CC(N)c2ccccc21. The lowest BCUT2D eigenvalue weighted by molar-refractivity contribution is 0.0877. The molecule has 2 rings (SSSR count). The first-order chi connectivity index (χ1) is 8.15. The van der Waals surface area contributed by atoms with E-state index in [1.54, 1.807) is 7.11 Å². The van der Waals surface area contributed by atoms with Gasteiger partial charge in [-0.05, 0) is 31.5 Å². The largest absolute Gasteiger partial charge is 0.383 e. The Morgan fingerprint density at radius 3 is 2.71 bits per heavy atom. The number of methoxy groups -OCH3 is 1. The minimum absolute atomic E-state index is 0.174. The fourth-order valence-corrected chi connectivity index (χ4v) is 2.70. The van der Waals surface area contributed by atoms with E-state index in [1.807, 2.05) is 0 Å². The van der Waals surface area contributed by atoms with E-state index in [4.69, 9.17) is 10.5 Å². The minimum Gasteiger partial charge on any atom is -0.383 e. The molecule has 0 heterocycles. The lowest BCUT2D eigenvalue weighted by atomic mass is 10.1. The van der Waals surface area contributed by atoms with Gasteiger partial charge in [0.15, 0.2) is 0 Å². The van der Waals surface area contributed by atoms with Crippen LogP contribution in [0.3, 0.4) is 0 Å². The van der Waals surface area contributed by atoms with Crippen molar-refractivity contribution in [2.45, 2.75) is 31.5 Å². The molecule has 2 N–H and O–H groups in total. The number of nitrogens with two attached hydrogens (primary N) is 1. The summed E-state index contributed by atoms with van der Waals surface area (Å²) in [5.74, 6) is 0. The van der Waals surface area contributed by atoms with Crippen LogP contribution in [0.2, 0.25) is 0 Å². The Bertz CT molecular complexity index is 380. The third-order valence-electron chi connectivity index (χ3n) is 3.83. The van der Waals surface area contributed by atoms with Crippen LogP contribution < -0.4 is 5.73 Å². The Morgan fingerprint density at radius 1 is 1.41 bits per heavy atom. The van der Waals surface area contributed by atoms with Gasteiger partial charge < -0.3 is 10.5 Å². The number of benzene rings is 1. The molecule has 1 aliphatic carbocycles. The minimum atomic E-state index is 0.174. The number of likely N-dealkylation sites (N-methyl/N-ethyl adjacent to an activating group) is 1. The number of hydrogen-bond acceptors (Lipinski definition) is 3. The molecule has 3 atom stereocenters. The van der Waals surface area contributed by atoms with E-state index >= 15 is 0 Å². The quantitative estimate of drug-likeness (QED) is 0.867. The Hall–Kier alpha value is -0.900. The average Bonchev–Trinajstić information content (AvgIpc) is 2.67. The van der Waals surface area contributed by atoms with Crippen molar-refractivity contribution in [2.75, 3.05) is 20.8 Å². The van der Waals surface area contributed by atoms with Gasteiger partial charge in [0.1, 0.15) is 0 Å². The molecule has 17 heavy (non-hydrogen) atoms. The number of nitrogens with zero attached hydrogens (tertiary/aromatic N) is 1. The molecule has 0 amide bonds. The monoisotopic (exact) mass is 234 g/mol. The molecule has 0 aliphatic heterocycles. The molecule has 1 aromatic carbocycles. The summed E-state index contributed by atoms with van der Waals surface area (Å²) in [6.07, 6.45) is 1.00. The molecule has 3 nitrogen and oxygen atoms in total. The molecule has 0 spiro atoms. The molecule has 0 fully saturated rings. The van der Waals surface area contributed by atoms with Crippen LogP contribution in [0.4, 0.5) is 0 Å². The molecule has 3 heteroatoms. The smallest absolute Gasteiger partial charge is 0.0615 e. The molecular formula is C14H22N2O. The van der Waals surface area contributed by atoms with Crippen molar-refractivity contribution < 1.29 is 4.74 Å². The maximum absolute atomic E-state index is 6.19. The second kappa shape index (κ2) is 5.17. The Balaban J connectivity index is 2.19. The van der Waals surface area contributed by atoms with Gasteiger partial charge in [-0.3, -0.25) is 4.90 Å². The third kappa shape index (κ3) is 2.37. The number of rotatable bonds is 4. The van der Waals surface area contributed by atoms with Gasteiger partial charge in [-0.25, -0.2) is 0 Å². The van der Waals surface area contributed by atoms with Crippen LogP contribution in [0.5, 0.6) is 0 Å². The lowest BCUT2D eigenvalue weighted by Gasteiger charge is -2.30. The van der Waals surface area contributed by atoms with Crippen LogP contribution in [0.25, 0.3) is 0 Å². The van der Waals surface area contributed by atoms with Gasteiger partial charge in [-0.1, -0.05) is 24.3 Å². The van der Waals surface area contributed by atoms with Gasteiger partial charge in [0.05, 0.1) is 6.61 Å². The lowest BCUT2D eigenvalue weighted by Crippen LogP contribution is -2.35. The predicted molar refractivity (Wildman–Crippen MR) is 69.8 cm³/mol. The summed E-state index contributed by atoms with van der Waals surface area (Å²) in [5.41, 5.74) is 8.87.